The summed E-state index contributed by atoms with van der Waals surface area (Å²) < 4.78 is 0. The highest BCUT2D eigenvalue weighted by molar-refractivity contribution is 5.72. The van der Waals surface area contributed by atoms with Gasteiger partial charge < -0.3 is 14.9 Å². The molecule has 0 spiro atoms. The fraction of sp³-hybridized carbons (Fsp3) is 0.500. The second-order valence-corrected chi connectivity index (χ2v) is 7.35. The molecule has 25 heavy (non-hydrogen) atoms. The maximum atomic E-state index is 10.2. The number of hydrogen-bond acceptors (Lipinski definition) is 5. The topological polar surface area (TPSA) is 52.5 Å². The van der Waals surface area contributed by atoms with E-state index >= 15 is 0 Å². The SMILES string of the molecule is Cc1c(-c2ccccc2O)nnc2c1CCCN2[C@H]1CCCN(C)C1. The van der Waals surface area contributed by atoms with Crippen LogP contribution in [-0.4, -0.2) is 52.9 Å². The molecule has 3 heterocycles. The summed E-state index contributed by atoms with van der Waals surface area (Å²) in [7, 11) is 2.20. The van der Waals surface area contributed by atoms with Crippen molar-refractivity contribution in [2.75, 3.05) is 31.6 Å². The summed E-state index contributed by atoms with van der Waals surface area (Å²) in [6, 6.07) is 7.92. The number of fused-ring (bicyclic) bond motifs is 1. The van der Waals surface area contributed by atoms with Crippen LogP contribution in [0.15, 0.2) is 24.3 Å². The molecule has 5 heteroatoms. The van der Waals surface area contributed by atoms with E-state index in [-0.39, 0.29) is 5.75 Å². The van der Waals surface area contributed by atoms with Gasteiger partial charge in [-0.3, -0.25) is 0 Å². The number of nitrogens with zero attached hydrogens (tertiary/aromatic N) is 4. The van der Waals surface area contributed by atoms with E-state index in [4.69, 9.17) is 0 Å². The standard InChI is InChI=1S/C20H26N4O/c1-14-16-9-6-12-24(15-7-5-11-23(2)13-15)20(16)22-21-19(14)17-8-3-4-10-18(17)25/h3-4,8,10,15,25H,5-7,9,11-13H2,1-2H3/t15-/m0/s1. The molecule has 0 saturated carbocycles. The highest BCUT2D eigenvalue weighted by atomic mass is 16.3. The van der Waals surface area contributed by atoms with Crippen molar-refractivity contribution in [2.45, 2.75) is 38.6 Å². The van der Waals surface area contributed by atoms with Gasteiger partial charge in [0, 0.05) is 30.3 Å². The molecule has 132 valence electrons. The Morgan fingerprint density at radius 1 is 1.12 bits per heavy atom. The van der Waals surface area contributed by atoms with Crippen LogP contribution in [0.3, 0.4) is 0 Å². The van der Waals surface area contributed by atoms with Gasteiger partial charge in [0.1, 0.15) is 5.75 Å². The van der Waals surface area contributed by atoms with Gasteiger partial charge in [0.15, 0.2) is 5.82 Å². The number of piperidine rings is 1. The number of aromatic nitrogens is 2. The molecule has 1 N–H and O–H groups in total. The first kappa shape index (κ1) is 16.3. The first-order valence-electron chi connectivity index (χ1n) is 9.25. The number of phenols is 1. The van der Waals surface area contributed by atoms with E-state index in [2.05, 4.69) is 34.0 Å². The Kier molecular flexibility index (Phi) is 4.34. The van der Waals surface area contributed by atoms with Crippen LogP contribution in [0.2, 0.25) is 0 Å². The van der Waals surface area contributed by atoms with Crippen LogP contribution < -0.4 is 4.90 Å². The molecule has 1 aromatic carbocycles. The van der Waals surface area contributed by atoms with Crippen molar-refractivity contribution in [3.63, 3.8) is 0 Å². The third-order valence-corrected chi connectivity index (χ3v) is 5.62. The van der Waals surface area contributed by atoms with Crippen LogP contribution >= 0.6 is 0 Å². The average molecular weight is 338 g/mol. The number of likely N-dealkylation sites (N-methyl/N-ethyl adjacent to an activating group) is 1. The number of phenolic OH excluding ortho intramolecular Hbond substituents is 1. The van der Waals surface area contributed by atoms with Gasteiger partial charge in [-0.05, 0) is 63.9 Å². The molecule has 0 aliphatic carbocycles. The maximum absolute atomic E-state index is 10.2. The summed E-state index contributed by atoms with van der Waals surface area (Å²) in [5.74, 6) is 1.32. The van der Waals surface area contributed by atoms with Crippen LogP contribution in [0.4, 0.5) is 5.82 Å². The van der Waals surface area contributed by atoms with Gasteiger partial charge in [0.05, 0.1) is 5.69 Å². The molecule has 0 amide bonds. The van der Waals surface area contributed by atoms with Crippen LogP contribution in [0.5, 0.6) is 5.75 Å². The van der Waals surface area contributed by atoms with Gasteiger partial charge >= 0.3 is 0 Å². The number of anilines is 1. The van der Waals surface area contributed by atoms with Gasteiger partial charge in [-0.15, -0.1) is 10.2 Å². The normalized spacial score (nSPS) is 21.2. The van der Waals surface area contributed by atoms with Crippen LogP contribution in [0, 0.1) is 6.92 Å². The summed E-state index contributed by atoms with van der Waals surface area (Å²) in [4.78, 5) is 4.89. The first-order valence-corrected chi connectivity index (χ1v) is 9.25. The molecule has 1 saturated heterocycles. The molecule has 2 aliphatic heterocycles. The lowest BCUT2D eigenvalue weighted by Crippen LogP contribution is -2.49. The molecule has 0 bridgehead atoms. The molecular weight excluding hydrogens is 312 g/mol. The van der Waals surface area contributed by atoms with E-state index in [0.29, 0.717) is 6.04 Å². The zero-order valence-electron chi connectivity index (χ0n) is 15.1. The van der Waals surface area contributed by atoms with E-state index in [1.165, 1.54) is 24.9 Å². The maximum Gasteiger partial charge on any atom is 0.155 e. The minimum absolute atomic E-state index is 0.265. The molecule has 4 rings (SSSR count). The Morgan fingerprint density at radius 3 is 2.76 bits per heavy atom. The monoisotopic (exact) mass is 338 g/mol. The molecular formula is C20H26N4O. The summed E-state index contributed by atoms with van der Waals surface area (Å²) in [5, 5.41) is 19.3. The first-order chi connectivity index (χ1) is 12.1. The summed E-state index contributed by atoms with van der Waals surface area (Å²) in [5.41, 5.74) is 4.03. The summed E-state index contributed by atoms with van der Waals surface area (Å²) in [6.07, 6.45) is 4.66. The van der Waals surface area contributed by atoms with E-state index in [0.717, 1.165) is 48.6 Å². The van der Waals surface area contributed by atoms with Crippen molar-refractivity contribution < 1.29 is 5.11 Å². The van der Waals surface area contributed by atoms with E-state index < -0.39 is 0 Å². The lowest BCUT2D eigenvalue weighted by atomic mass is 9.94. The Balaban J connectivity index is 1.73. The minimum Gasteiger partial charge on any atom is -0.507 e. The van der Waals surface area contributed by atoms with Crippen LogP contribution in [0.25, 0.3) is 11.3 Å². The number of benzene rings is 1. The lowest BCUT2D eigenvalue weighted by Gasteiger charge is -2.41. The minimum atomic E-state index is 0.265. The smallest absolute Gasteiger partial charge is 0.155 e. The Morgan fingerprint density at radius 2 is 1.96 bits per heavy atom. The number of aromatic hydroxyl groups is 1. The lowest BCUT2D eigenvalue weighted by molar-refractivity contribution is 0.242. The fourth-order valence-corrected chi connectivity index (χ4v) is 4.28. The van der Waals surface area contributed by atoms with Crippen LogP contribution in [-0.2, 0) is 6.42 Å². The molecule has 2 aliphatic rings. The highest BCUT2D eigenvalue weighted by Gasteiger charge is 2.30. The fourth-order valence-electron chi connectivity index (χ4n) is 4.28. The predicted octanol–water partition coefficient (Wildman–Crippen LogP) is 3.00. The van der Waals surface area contributed by atoms with Gasteiger partial charge in [-0.2, -0.15) is 0 Å². The molecule has 2 aromatic rings. The third kappa shape index (κ3) is 2.97. The zero-order valence-corrected chi connectivity index (χ0v) is 15.1. The number of hydrogen-bond donors (Lipinski definition) is 1. The van der Waals surface area contributed by atoms with Gasteiger partial charge in [0.25, 0.3) is 0 Å². The van der Waals surface area contributed by atoms with E-state index in [1.54, 1.807) is 6.07 Å². The third-order valence-electron chi connectivity index (χ3n) is 5.62. The van der Waals surface area contributed by atoms with E-state index in [9.17, 15) is 5.11 Å². The Labute approximate surface area is 149 Å². The largest absolute Gasteiger partial charge is 0.507 e. The van der Waals surface area contributed by atoms with Gasteiger partial charge in [0.2, 0.25) is 0 Å². The summed E-state index contributed by atoms with van der Waals surface area (Å²) in [6.45, 7) is 5.47. The number of likely N-dealkylation sites (tertiary alicyclic amines) is 1. The number of para-hydroxylation sites is 1. The van der Waals surface area contributed by atoms with Crippen molar-refractivity contribution in [1.29, 1.82) is 0 Å². The quantitative estimate of drug-likeness (QED) is 0.912. The average Bonchev–Trinajstić information content (AvgIpc) is 2.63. The van der Waals surface area contributed by atoms with Crippen molar-refractivity contribution in [1.82, 2.24) is 15.1 Å². The summed E-state index contributed by atoms with van der Waals surface area (Å²) >= 11 is 0. The predicted molar refractivity (Wildman–Crippen MR) is 100 cm³/mol. The number of rotatable bonds is 2. The van der Waals surface area contributed by atoms with Crippen LogP contribution in [0.1, 0.15) is 30.4 Å². The van der Waals surface area contributed by atoms with Crippen molar-refractivity contribution in [3.05, 3.63) is 35.4 Å². The molecule has 1 fully saturated rings. The second kappa shape index (κ2) is 6.64. The molecule has 5 nitrogen and oxygen atoms in total. The second-order valence-electron chi connectivity index (χ2n) is 7.35. The van der Waals surface area contributed by atoms with Gasteiger partial charge in [-0.1, -0.05) is 12.1 Å². The van der Waals surface area contributed by atoms with E-state index in [1.807, 2.05) is 18.2 Å². The molecule has 0 radical (unpaired) electrons. The van der Waals surface area contributed by atoms with Crippen molar-refractivity contribution >= 4 is 5.82 Å². The van der Waals surface area contributed by atoms with Crippen molar-refractivity contribution in [2.24, 2.45) is 0 Å². The highest BCUT2D eigenvalue weighted by Crippen LogP contribution is 2.36. The van der Waals surface area contributed by atoms with Gasteiger partial charge in [-0.25, -0.2) is 0 Å². The Bertz CT molecular complexity index is 776. The Hall–Kier alpha value is -2.14. The zero-order chi connectivity index (χ0) is 17.4. The molecule has 1 aromatic heterocycles. The van der Waals surface area contributed by atoms with Crippen molar-refractivity contribution in [3.8, 4) is 17.0 Å². The molecule has 1 atom stereocenters. The molecule has 0 unspecified atom stereocenters.